The first kappa shape index (κ1) is 10.0. The molecule has 0 radical (unpaired) electrons. The quantitative estimate of drug-likeness (QED) is 0.741. The number of aryl methyl sites for hydroxylation is 1. The molecule has 0 unspecified atom stereocenters. The Kier molecular flexibility index (Phi) is 3.71. The van der Waals surface area contributed by atoms with E-state index in [1.807, 2.05) is 13.1 Å². The molecule has 0 amide bonds. The fraction of sp³-hybridized carbons (Fsp3) is 0.333. The van der Waals surface area contributed by atoms with E-state index in [9.17, 15) is 0 Å². The van der Waals surface area contributed by atoms with Gasteiger partial charge in [-0.2, -0.15) is 0 Å². The molecule has 1 aromatic rings. The smallest absolute Gasteiger partial charge is 0.00111 e. The van der Waals surface area contributed by atoms with Crippen molar-refractivity contribution >= 4 is 6.08 Å². The van der Waals surface area contributed by atoms with Crippen molar-refractivity contribution in [1.29, 1.82) is 0 Å². The van der Waals surface area contributed by atoms with E-state index < -0.39 is 0 Å². The summed E-state index contributed by atoms with van der Waals surface area (Å²) in [5.74, 6) is 0. The molecule has 0 aromatic heterocycles. The molecule has 0 spiro atoms. The van der Waals surface area contributed by atoms with E-state index in [2.05, 4.69) is 37.0 Å². The van der Waals surface area contributed by atoms with Gasteiger partial charge in [-0.15, -0.1) is 0 Å². The molecule has 13 heavy (non-hydrogen) atoms. The number of nitrogens with one attached hydrogen (secondary N) is 1. The van der Waals surface area contributed by atoms with Crippen molar-refractivity contribution in [3.05, 3.63) is 41.5 Å². The Morgan fingerprint density at radius 2 is 2.23 bits per heavy atom. The average molecular weight is 175 g/mol. The molecular weight excluding hydrogens is 158 g/mol. The Labute approximate surface area is 80.5 Å². The van der Waals surface area contributed by atoms with Crippen LogP contribution in [0.25, 0.3) is 6.08 Å². The summed E-state index contributed by atoms with van der Waals surface area (Å²) in [4.78, 5) is 0. The summed E-state index contributed by atoms with van der Waals surface area (Å²) >= 11 is 0. The molecule has 1 rings (SSSR count). The zero-order valence-corrected chi connectivity index (χ0v) is 8.43. The molecule has 0 aliphatic rings. The molecule has 1 nitrogen and oxygen atoms in total. The predicted molar refractivity (Wildman–Crippen MR) is 58.9 cm³/mol. The molecule has 70 valence electrons. The first-order valence-corrected chi connectivity index (χ1v) is 4.64. The van der Waals surface area contributed by atoms with Crippen LogP contribution in [-0.4, -0.2) is 13.6 Å². The van der Waals surface area contributed by atoms with Crippen LogP contribution in [-0.2, 0) is 6.42 Å². The van der Waals surface area contributed by atoms with Crippen LogP contribution >= 0.6 is 0 Å². The van der Waals surface area contributed by atoms with Crippen molar-refractivity contribution in [1.82, 2.24) is 5.32 Å². The summed E-state index contributed by atoms with van der Waals surface area (Å²) in [6, 6.07) is 6.49. The second-order valence-electron chi connectivity index (χ2n) is 3.26. The Morgan fingerprint density at radius 3 is 2.85 bits per heavy atom. The third kappa shape index (κ3) is 2.71. The first-order chi connectivity index (χ1) is 6.27. The average Bonchev–Trinajstić information content (AvgIpc) is 2.15. The van der Waals surface area contributed by atoms with Crippen LogP contribution in [0.5, 0.6) is 0 Å². The van der Waals surface area contributed by atoms with Crippen LogP contribution in [0, 0.1) is 6.92 Å². The molecule has 0 atom stereocenters. The van der Waals surface area contributed by atoms with Crippen molar-refractivity contribution in [2.45, 2.75) is 13.3 Å². The Hall–Kier alpha value is -1.08. The number of rotatable bonds is 4. The highest BCUT2D eigenvalue weighted by Crippen LogP contribution is 2.13. The lowest BCUT2D eigenvalue weighted by molar-refractivity contribution is 0.790. The normalized spacial score (nSPS) is 10.0. The molecule has 1 aromatic carbocycles. The molecule has 1 N–H and O–H groups in total. The predicted octanol–water partition coefficient (Wildman–Crippen LogP) is 2.40. The zero-order valence-electron chi connectivity index (χ0n) is 8.43. The minimum Gasteiger partial charge on any atom is -0.319 e. The lowest BCUT2D eigenvalue weighted by atomic mass is 10.0. The molecule has 0 fully saturated rings. The van der Waals surface area contributed by atoms with E-state index in [0.717, 1.165) is 13.0 Å². The van der Waals surface area contributed by atoms with E-state index >= 15 is 0 Å². The van der Waals surface area contributed by atoms with Gasteiger partial charge in [-0.25, -0.2) is 0 Å². The van der Waals surface area contributed by atoms with Gasteiger partial charge < -0.3 is 5.32 Å². The van der Waals surface area contributed by atoms with Crippen molar-refractivity contribution < 1.29 is 0 Å². The van der Waals surface area contributed by atoms with Gasteiger partial charge in [0, 0.05) is 0 Å². The fourth-order valence-corrected chi connectivity index (χ4v) is 1.41. The summed E-state index contributed by atoms with van der Waals surface area (Å²) in [5.41, 5.74) is 3.95. The molecular formula is C12H17N. The highest BCUT2D eigenvalue weighted by atomic mass is 14.8. The van der Waals surface area contributed by atoms with E-state index in [-0.39, 0.29) is 0 Å². The van der Waals surface area contributed by atoms with Gasteiger partial charge in [0.25, 0.3) is 0 Å². The third-order valence-corrected chi connectivity index (χ3v) is 2.16. The lowest BCUT2D eigenvalue weighted by Crippen LogP contribution is -2.11. The van der Waals surface area contributed by atoms with E-state index in [1.54, 1.807) is 0 Å². The molecule has 1 heteroatoms. The number of likely N-dealkylation sites (N-methyl/N-ethyl adjacent to an activating group) is 1. The van der Waals surface area contributed by atoms with Gasteiger partial charge in [0.05, 0.1) is 0 Å². The minimum absolute atomic E-state index is 1.02. The van der Waals surface area contributed by atoms with Gasteiger partial charge in [-0.05, 0) is 38.1 Å². The third-order valence-electron chi connectivity index (χ3n) is 2.16. The monoisotopic (exact) mass is 175 g/mol. The Balaban J connectivity index is 2.87. The standard InChI is InChI=1S/C12H17N/c1-4-11-6-5-10(2)9-12(11)7-8-13-3/h4-6,9,13H,1,7-8H2,2-3H3. The van der Waals surface area contributed by atoms with E-state index in [4.69, 9.17) is 0 Å². The topological polar surface area (TPSA) is 12.0 Å². The second kappa shape index (κ2) is 4.83. The summed E-state index contributed by atoms with van der Waals surface area (Å²) < 4.78 is 0. The maximum Gasteiger partial charge on any atom is -0.00111 e. The molecule has 0 saturated carbocycles. The number of hydrogen-bond acceptors (Lipinski definition) is 1. The fourth-order valence-electron chi connectivity index (χ4n) is 1.41. The molecule has 0 bridgehead atoms. The number of benzene rings is 1. The van der Waals surface area contributed by atoms with Crippen molar-refractivity contribution in [2.75, 3.05) is 13.6 Å². The van der Waals surface area contributed by atoms with Gasteiger partial charge in [-0.1, -0.05) is 36.4 Å². The van der Waals surface area contributed by atoms with Crippen molar-refractivity contribution in [3.8, 4) is 0 Å². The van der Waals surface area contributed by atoms with Crippen LogP contribution in [0.15, 0.2) is 24.8 Å². The summed E-state index contributed by atoms with van der Waals surface area (Å²) in [6.07, 6.45) is 2.99. The maximum absolute atomic E-state index is 3.81. The first-order valence-electron chi connectivity index (χ1n) is 4.64. The largest absolute Gasteiger partial charge is 0.319 e. The van der Waals surface area contributed by atoms with Crippen LogP contribution in [0.2, 0.25) is 0 Å². The number of hydrogen-bond donors (Lipinski definition) is 1. The van der Waals surface area contributed by atoms with Gasteiger partial charge in [0.1, 0.15) is 0 Å². The van der Waals surface area contributed by atoms with E-state index in [1.165, 1.54) is 16.7 Å². The SMILES string of the molecule is C=Cc1ccc(C)cc1CCNC. The van der Waals surface area contributed by atoms with Crippen molar-refractivity contribution in [3.63, 3.8) is 0 Å². The van der Waals surface area contributed by atoms with E-state index in [0.29, 0.717) is 0 Å². The molecule has 0 aliphatic carbocycles. The highest BCUT2D eigenvalue weighted by Gasteiger charge is 1.98. The van der Waals surface area contributed by atoms with Crippen LogP contribution in [0.4, 0.5) is 0 Å². The lowest BCUT2D eigenvalue weighted by Gasteiger charge is -2.06. The Morgan fingerprint density at radius 1 is 1.46 bits per heavy atom. The molecule has 0 heterocycles. The van der Waals surface area contributed by atoms with Crippen LogP contribution < -0.4 is 5.32 Å². The zero-order chi connectivity index (χ0) is 9.68. The summed E-state index contributed by atoms with van der Waals surface area (Å²) in [5, 5.41) is 3.15. The van der Waals surface area contributed by atoms with Crippen LogP contribution in [0.1, 0.15) is 16.7 Å². The summed E-state index contributed by atoms with van der Waals surface area (Å²) in [6.45, 7) is 6.95. The van der Waals surface area contributed by atoms with Gasteiger partial charge >= 0.3 is 0 Å². The van der Waals surface area contributed by atoms with Gasteiger partial charge in [0.2, 0.25) is 0 Å². The minimum atomic E-state index is 1.02. The maximum atomic E-state index is 3.81. The van der Waals surface area contributed by atoms with Gasteiger partial charge in [-0.3, -0.25) is 0 Å². The molecule has 0 aliphatic heterocycles. The molecule has 0 saturated heterocycles. The Bertz CT molecular complexity index is 289. The second-order valence-corrected chi connectivity index (χ2v) is 3.26. The highest BCUT2D eigenvalue weighted by molar-refractivity contribution is 5.52. The van der Waals surface area contributed by atoms with Crippen molar-refractivity contribution in [2.24, 2.45) is 0 Å². The summed E-state index contributed by atoms with van der Waals surface area (Å²) in [7, 11) is 1.98. The van der Waals surface area contributed by atoms with Crippen LogP contribution in [0.3, 0.4) is 0 Å². The van der Waals surface area contributed by atoms with Gasteiger partial charge in [0.15, 0.2) is 0 Å².